The van der Waals surface area contributed by atoms with Gasteiger partial charge >= 0.3 is 0 Å². The Morgan fingerprint density at radius 2 is 1.95 bits per heavy atom. The normalized spacial score (nSPS) is 21.4. The van der Waals surface area contributed by atoms with E-state index in [0.29, 0.717) is 13.2 Å². The van der Waals surface area contributed by atoms with E-state index in [1.54, 1.807) is 11.1 Å². The van der Waals surface area contributed by atoms with Gasteiger partial charge in [0.1, 0.15) is 11.6 Å². The highest BCUT2D eigenvalue weighted by molar-refractivity contribution is 5.97. The van der Waals surface area contributed by atoms with Crippen molar-refractivity contribution >= 4 is 5.91 Å². The van der Waals surface area contributed by atoms with Crippen LogP contribution in [0.1, 0.15) is 32.1 Å². The second kappa shape index (κ2) is 7.30. The number of morpholine rings is 1. The number of hydrogen-bond donors (Lipinski definition) is 0. The Balaban J connectivity index is 2.00. The maximum atomic E-state index is 12.4. The number of nitriles is 1. The van der Waals surface area contributed by atoms with Crippen LogP contribution in [0.4, 0.5) is 0 Å². The smallest absolute Gasteiger partial charge is 0.265 e. The van der Waals surface area contributed by atoms with E-state index in [2.05, 4.69) is 6.07 Å². The topological polar surface area (TPSA) is 56.6 Å². The predicted octanol–water partition coefficient (Wildman–Crippen LogP) is 1.52. The molecule has 110 valence electrons. The summed E-state index contributed by atoms with van der Waals surface area (Å²) in [4.78, 5) is 16.2. The predicted molar refractivity (Wildman–Crippen MR) is 75.7 cm³/mol. The molecule has 0 spiro atoms. The average molecular weight is 277 g/mol. The minimum Gasteiger partial charge on any atom is -0.378 e. The molecule has 1 amide bonds. The molecular weight excluding hydrogens is 254 g/mol. The van der Waals surface area contributed by atoms with Crippen molar-refractivity contribution in [2.75, 3.05) is 33.4 Å². The minimum atomic E-state index is -0.147. The van der Waals surface area contributed by atoms with Gasteiger partial charge in [-0.1, -0.05) is 19.3 Å². The summed E-state index contributed by atoms with van der Waals surface area (Å²) in [5.41, 5.74) is 0.236. The first-order chi connectivity index (χ1) is 9.72. The van der Waals surface area contributed by atoms with E-state index in [-0.39, 0.29) is 17.5 Å². The van der Waals surface area contributed by atoms with Crippen molar-refractivity contribution in [2.24, 2.45) is 0 Å². The lowest BCUT2D eigenvalue weighted by atomic mass is 9.94. The molecule has 5 nitrogen and oxygen atoms in total. The molecule has 0 bridgehead atoms. The van der Waals surface area contributed by atoms with Gasteiger partial charge in [-0.05, 0) is 12.8 Å². The number of likely N-dealkylation sites (N-methyl/N-ethyl adjacent to an activating group) is 1. The van der Waals surface area contributed by atoms with E-state index in [1.807, 2.05) is 11.9 Å². The van der Waals surface area contributed by atoms with Gasteiger partial charge in [0, 0.05) is 32.4 Å². The molecule has 0 radical (unpaired) electrons. The molecule has 2 rings (SSSR count). The molecule has 1 aliphatic heterocycles. The van der Waals surface area contributed by atoms with Crippen LogP contribution in [0, 0.1) is 11.3 Å². The van der Waals surface area contributed by atoms with Crippen molar-refractivity contribution in [3.05, 3.63) is 11.8 Å². The summed E-state index contributed by atoms with van der Waals surface area (Å²) in [6.45, 7) is 2.79. The number of rotatable bonds is 3. The van der Waals surface area contributed by atoms with Crippen LogP contribution in [-0.4, -0.2) is 55.1 Å². The molecule has 20 heavy (non-hydrogen) atoms. The second-order valence-corrected chi connectivity index (χ2v) is 5.51. The Kier molecular flexibility index (Phi) is 5.42. The van der Waals surface area contributed by atoms with Gasteiger partial charge in [-0.25, -0.2) is 0 Å². The Labute approximate surface area is 120 Å². The number of carbonyl (C=O) groups excluding carboxylic acids is 1. The first-order valence-electron chi connectivity index (χ1n) is 7.43. The SMILES string of the molecule is CN(C(=O)/C(C#N)=C\N1CCOCC1)C1CCCCC1. The fourth-order valence-electron chi connectivity index (χ4n) is 2.85. The van der Waals surface area contributed by atoms with Crippen molar-refractivity contribution in [3.63, 3.8) is 0 Å². The van der Waals surface area contributed by atoms with Gasteiger partial charge in [0.15, 0.2) is 0 Å². The average Bonchev–Trinajstić information content (AvgIpc) is 2.53. The van der Waals surface area contributed by atoms with Crippen LogP contribution < -0.4 is 0 Å². The van der Waals surface area contributed by atoms with E-state index in [1.165, 1.54) is 19.3 Å². The van der Waals surface area contributed by atoms with E-state index < -0.39 is 0 Å². The molecule has 0 atom stereocenters. The molecule has 0 aromatic carbocycles. The van der Waals surface area contributed by atoms with Gasteiger partial charge in [-0.3, -0.25) is 4.79 Å². The van der Waals surface area contributed by atoms with Crippen LogP contribution in [0.5, 0.6) is 0 Å². The third-order valence-corrected chi connectivity index (χ3v) is 4.15. The Morgan fingerprint density at radius 3 is 2.55 bits per heavy atom. The summed E-state index contributed by atoms with van der Waals surface area (Å²) >= 11 is 0. The van der Waals surface area contributed by atoms with Gasteiger partial charge in [0.2, 0.25) is 0 Å². The molecule has 0 unspecified atom stereocenters. The van der Waals surface area contributed by atoms with Crippen LogP contribution in [0.25, 0.3) is 0 Å². The molecule has 5 heteroatoms. The van der Waals surface area contributed by atoms with Crippen LogP contribution in [0.3, 0.4) is 0 Å². The molecule has 1 saturated heterocycles. The van der Waals surface area contributed by atoms with Crippen molar-refractivity contribution < 1.29 is 9.53 Å². The molecule has 0 N–H and O–H groups in total. The van der Waals surface area contributed by atoms with Crippen LogP contribution in [-0.2, 0) is 9.53 Å². The lowest BCUT2D eigenvalue weighted by Gasteiger charge is -2.31. The van der Waals surface area contributed by atoms with Crippen molar-refractivity contribution in [3.8, 4) is 6.07 Å². The highest BCUT2D eigenvalue weighted by atomic mass is 16.5. The number of carbonyl (C=O) groups is 1. The van der Waals surface area contributed by atoms with Crippen molar-refractivity contribution in [1.29, 1.82) is 5.26 Å². The first kappa shape index (κ1) is 14.9. The highest BCUT2D eigenvalue weighted by Gasteiger charge is 2.25. The van der Waals surface area contributed by atoms with Crippen molar-refractivity contribution in [2.45, 2.75) is 38.1 Å². The minimum absolute atomic E-state index is 0.147. The molecule has 0 aromatic heterocycles. The molecule has 0 aromatic rings. The Morgan fingerprint density at radius 1 is 1.30 bits per heavy atom. The molecule has 2 aliphatic rings. The fraction of sp³-hybridized carbons (Fsp3) is 0.733. The zero-order valence-corrected chi connectivity index (χ0v) is 12.2. The maximum absolute atomic E-state index is 12.4. The zero-order valence-electron chi connectivity index (χ0n) is 12.2. The third-order valence-electron chi connectivity index (χ3n) is 4.15. The first-order valence-corrected chi connectivity index (χ1v) is 7.43. The Bertz CT molecular complexity index is 402. The molecule has 2 fully saturated rings. The number of nitrogens with zero attached hydrogens (tertiary/aromatic N) is 3. The van der Waals surface area contributed by atoms with E-state index >= 15 is 0 Å². The maximum Gasteiger partial charge on any atom is 0.265 e. The van der Waals surface area contributed by atoms with Crippen LogP contribution in [0.15, 0.2) is 11.8 Å². The quantitative estimate of drug-likeness (QED) is 0.580. The summed E-state index contributed by atoms with van der Waals surface area (Å²) in [5.74, 6) is -0.147. The molecule has 1 aliphatic carbocycles. The number of amides is 1. The van der Waals surface area contributed by atoms with Gasteiger partial charge in [0.05, 0.1) is 13.2 Å². The Hall–Kier alpha value is -1.54. The number of hydrogen-bond acceptors (Lipinski definition) is 4. The van der Waals surface area contributed by atoms with E-state index in [4.69, 9.17) is 4.74 Å². The lowest BCUT2D eigenvalue weighted by molar-refractivity contribution is -0.128. The third kappa shape index (κ3) is 3.73. The summed E-state index contributed by atoms with van der Waals surface area (Å²) in [5, 5.41) is 9.25. The highest BCUT2D eigenvalue weighted by Crippen LogP contribution is 2.22. The monoisotopic (exact) mass is 277 g/mol. The van der Waals surface area contributed by atoms with E-state index in [0.717, 1.165) is 25.9 Å². The number of ether oxygens (including phenoxy) is 1. The largest absolute Gasteiger partial charge is 0.378 e. The summed E-state index contributed by atoms with van der Waals surface area (Å²) in [7, 11) is 1.82. The van der Waals surface area contributed by atoms with E-state index in [9.17, 15) is 10.1 Å². The second-order valence-electron chi connectivity index (χ2n) is 5.51. The summed E-state index contributed by atoms with van der Waals surface area (Å²) in [6.07, 6.45) is 7.42. The van der Waals surface area contributed by atoms with Gasteiger partial charge in [-0.2, -0.15) is 5.26 Å². The van der Waals surface area contributed by atoms with Gasteiger partial charge < -0.3 is 14.5 Å². The fourth-order valence-corrected chi connectivity index (χ4v) is 2.85. The lowest BCUT2D eigenvalue weighted by Crippen LogP contribution is -2.40. The standard InChI is InChI=1S/C15H23N3O2/c1-17(14-5-3-2-4-6-14)15(19)13(11-16)12-18-7-9-20-10-8-18/h12,14H,2-10H2,1H3/b13-12-. The van der Waals surface area contributed by atoms with Gasteiger partial charge in [0.25, 0.3) is 5.91 Å². The summed E-state index contributed by atoms with van der Waals surface area (Å²) < 4.78 is 5.27. The van der Waals surface area contributed by atoms with Crippen LogP contribution >= 0.6 is 0 Å². The summed E-state index contributed by atoms with van der Waals surface area (Å²) in [6, 6.07) is 2.35. The molecule has 1 saturated carbocycles. The van der Waals surface area contributed by atoms with Gasteiger partial charge in [-0.15, -0.1) is 0 Å². The zero-order chi connectivity index (χ0) is 14.4. The molecule has 1 heterocycles. The van der Waals surface area contributed by atoms with Crippen LogP contribution in [0.2, 0.25) is 0 Å². The van der Waals surface area contributed by atoms with Crippen molar-refractivity contribution in [1.82, 2.24) is 9.80 Å². The molecular formula is C15H23N3O2.